The molecule has 0 radical (unpaired) electrons. The van der Waals surface area contributed by atoms with Crippen molar-refractivity contribution in [2.24, 2.45) is 11.1 Å². The van der Waals surface area contributed by atoms with Crippen LogP contribution >= 0.6 is 0 Å². The number of carbonyl (C=O) groups excluding carboxylic acids is 1. The van der Waals surface area contributed by atoms with Crippen molar-refractivity contribution in [2.75, 3.05) is 33.4 Å². The molecule has 0 spiro atoms. The van der Waals surface area contributed by atoms with Crippen LogP contribution in [0.1, 0.15) is 20.8 Å². The number of hydrogen-bond donors (Lipinski definition) is 2. The minimum atomic E-state index is -0.559. The van der Waals surface area contributed by atoms with Crippen LogP contribution in [0.25, 0.3) is 0 Å². The Hall–Kier alpha value is -0.650. The molecule has 1 amide bonds. The van der Waals surface area contributed by atoms with Crippen LogP contribution in [-0.4, -0.2) is 55.4 Å². The summed E-state index contributed by atoms with van der Waals surface area (Å²) in [5.41, 5.74) is 5.60. The number of methoxy groups -OCH3 is 1. The van der Waals surface area contributed by atoms with Gasteiger partial charge < -0.3 is 20.5 Å². The summed E-state index contributed by atoms with van der Waals surface area (Å²) < 4.78 is 4.92. The molecule has 96 valence electrons. The maximum absolute atomic E-state index is 12.0. The fourth-order valence-corrected chi connectivity index (χ4v) is 1.22. The molecule has 0 heterocycles. The van der Waals surface area contributed by atoms with Crippen molar-refractivity contribution in [3.8, 4) is 0 Å². The van der Waals surface area contributed by atoms with Gasteiger partial charge in [-0.1, -0.05) is 20.8 Å². The number of hydrogen-bond acceptors (Lipinski definition) is 4. The molecule has 0 aliphatic heterocycles. The third kappa shape index (κ3) is 4.92. The number of rotatable bonds is 6. The van der Waals surface area contributed by atoms with Crippen molar-refractivity contribution in [1.29, 1.82) is 0 Å². The molecule has 0 aromatic rings. The molecular formula is C11H24N2O3. The molecule has 0 aliphatic rings. The Kier molecular flexibility index (Phi) is 6.55. The summed E-state index contributed by atoms with van der Waals surface area (Å²) in [7, 11) is 1.57. The van der Waals surface area contributed by atoms with Crippen LogP contribution in [0.15, 0.2) is 0 Å². The normalized spacial score (nSPS) is 13.6. The van der Waals surface area contributed by atoms with E-state index in [9.17, 15) is 4.79 Å². The Morgan fingerprint density at radius 1 is 1.44 bits per heavy atom. The molecule has 1 atom stereocenters. The third-order valence-corrected chi connectivity index (χ3v) is 2.45. The van der Waals surface area contributed by atoms with E-state index < -0.39 is 6.04 Å². The van der Waals surface area contributed by atoms with Gasteiger partial charge in [0, 0.05) is 20.2 Å². The second-order valence-electron chi connectivity index (χ2n) is 4.89. The van der Waals surface area contributed by atoms with E-state index >= 15 is 0 Å². The van der Waals surface area contributed by atoms with Gasteiger partial charge in [0.1, 0.15) is 0 Å². The van der Waals surface area contributed by atoms with Gasteiger partial charge >= 0.3 is 0 Å². The minimum absolute atomic E-state index is 0.0632. The van der Waals surface area contributed by atoms with Crippen LogP contribution in [-0.2, 0) is 9.53 Å². The summed E-state index contributed by atoms with van der Waals surface area (Å²) in [4.78, 5) is 13.6. The fourth-order valence-electron chi connectivity index (χ4n) is 1.22. The predicted octanol–water partition coefficient (Wildman–Crippen LogP) is -0.173. The van der Waals surface area contributed by atoms with E-state index in [2.05, 4.69) is 0 Å². The number of carbonyl (C=O) groups is 1. The van der Waals surface area contributed by atoms with Crippen LogP contribution in [0.5, 0.6) is 0 Å². The zero-order valence-corrected chi connectivity index (χ0v) is 10.7. The zero-order chi connectivity index (χ0) is 12.8. The quantitative estimate of drug-likeness (QED) is 0.666. The van der Waals surface area contributed by atoms with E-state index in [1.807, 2.05) is 20.8 Å². The van der Waals surface area contributed by atoms with Crippen molar-refractivity contribution in [3.05, 3.63) is 0 Å². The lowest BCUT2D eigenvalue weighted by Gasteiger charge is -2.31. The summed E-state index contributed by atoms with van der Waals surface area (Å²) in [5.74, 6) is -0.140. The number of ether oxygens (including phenoxy) is 1. The highest BCUT2D eigenvalue weighted by molar-refractivity contribution is 5.82. The molecule has 0 saturated heterocycles. The Morgan fingerprint density at radius 3 is 2.38 bits per heavy atom. The van der Waals surface area contributed by atoms with Gasteiger partial charge in [-0.15, -0.1) is 0 Å². The van der Waals surface area contributed by atoms with Gasteiger partial charge in [-0.05, 0) is 5.41 Å². The Morgan fingerprint density at radius 2 is 2.00 bits per heavy atom. The monoisotopic (exact) mass is 232 g/mol. The highest BCUT2D eigenvalue weighted by Gasteiger charge is 2.30. The van der Waals surface area contributed by atoms with Crippen molar-refractivity contribution in [2.45, 2.75) is 26.8 Å². The summed E-state index contributed by atoms with van der Waals surface area (Å²) in [5, 5.41) is 8.89. The zero-order valence-electron chi connectivity index (χ0n) is 10.7. The van der Waals surface area contributed by atoms with E-state index in [0.717, 1.165) is 0 Å². The number of aliphatic hydroxyl groups is 1. The summed E-state index contributed by atoms with van der Waals surface area (Å²) in [6.07, 6.45) is 0. The van der Waals surface area contributed by atoms with Gasteiger partial charge in [0.2, 0.25) is 5.91 Å². The predicted molar refractivity (Wildman–Crippen MR) is 63.0 cm³/mol. The van der Waals surface area contributed by atoms with E-state index in [0.29, 0.717) is 19.7 Å². The van der Waals surface area contributed by atoms with Gasteiger partial charge in [0.25, 0.3) is 0 Å². The van der Waals surface area contributed by atoms with Crippen LogP contribution < -0.4 is 5.73 Å². The average Bonchev–Trinajstić information content (AvgIpc) is 2.20. The fraction of sp³-hybridized carbons (Fsp3) is 0.909. The molecule has 16 heavy (non-hydrogen) atoms. The third-order valence-electron chi connectivity index (χ3n) is 2.45. The van der Waals surface area contributed by atoms with Gasteiger partial charge in [-0.25, -0.2) is 0 Å². The molecular weight excluding hydrogens is 208 g/mol. The maximum Gasteiger partial charge on any atom is 0.240 e. The van der Waals surface area contributed by atoms with Gasteiger partial charge in [0.15, 0.2) is 0 Å². The summed E-state index contributed by atoms with van der Waals surface area (Å²) in [6, 6.07) is -0.559. The number of nitrogens with zero attached hydrogens (tertiary/aromatic N) is 1. The average molecular weight is 232 g/mol. The molecule has 5 heteroatoms. The molecule has 0 aromatic carbocycles. The number of nitrogens with two attached hydrogens (primary N) is 1. The highest BCUT2D eigenvalue weighted by atomic mass is 16.5. The SMILES string of the molecule is COCCN(CCO)C(=O)C(N)C(C)(C)C. The largest absolute Gasteiger partial charge is 0.395 e. The standard InChI is InChI=1S/C11H24N2O3/c1-11(2,3)9(12)10(15)13(5-7-14)6-8-16-4/h9,14H,5-8,12H2,1-4H3. The molecule has 3 N–H and O–H groups in total. The van der Waals surface area contributed by atoms with Crippen molar-refractivity contribution in [1.82, 2.24) is 4.90 Å². The van der Waals surface area contributed by atoms with Gasteiger partial charge in [-0.3, -0.25) is 4.79 Å². The van der Waals surface area contributed by atoms with E-state index in [1.54, 1.807) is 12.0 Å². The first kappa shape index (κ1) is 15.3. The Bertz CT molecular complexity index is 214. The van der Waals surface area contributed by atoms with Crippen LogP contribution in [0.4, 0.5) is 0 Å². The number of amides is 1. The molecule has 0 rings (SSSR count). The molecule has 0 aliphatic carbocycles. The topological polar surface area (TPSA) is 75.8 Å². The van der Waals surface area contributed by atoms with Crippen molar-refractivity contribution >= 4 is 5.91 Å². The molecule has 0 bridgehead atoms. The van der Waals surface area contributed by atoms with E-state index in [4.69, 9.17) is 15.6 Å². The van der Waals surface area contributed by atoms with Crippen LogP contribution in [0.3, 0.4) is 0 Å². The van der Waals surface area contributed by atoms with Gasteiger partial charge in [-0.2, -0.15) is 0 Å². The minimum Gasteiger partial charge on any atom is -0.395 e. The Labute approximate surface area is 97.6 Å². The summed E-state index contributed by atoms with van der Waals surface area (Å²) in [6.45, 7) is 6.90. The lowest BCUT2D eigenvalue weighted by molar-refractivity contribution is -0.136. The molecule has 0 aromatic heterocycles. The van der Waals surface area contributed by atoms with Crippen LogP contribution in [0, 0.1) is 5.41 Å². The van der Waals surface area contributed by atoms with E-state index in [-0.39, 0.29) is 17.9 Å². The summed E-state index contributed by atoms with van der Waals surface area (Å²) >= 11 is 0. The second-order valence-corrected chi connectivity index (χ2v) is 4.89. The first-order valence-electron chi connectivity index (χ1n) is 5.48. The molecule has 0 fully saturated rings. The number of aliphatic hydroxyl groups excluding tert-OH is 1. The smallest absolute Gasteiger partial charge is 0.240 e. The molecule has 0 saturated carbocycles. The lowest BCUT2D eigenvalue weighted by atomic mass is 9.86. The van der Waals surface area contributed by atoms with Crippen LogP contribution in [0.2, 0.25) is 0 Å². The highest BCUT2D eigenvalue weighted by Crippen LogP contribution is 2.18. The Balaban J connectivity index is 4.47. The van der Waals surface area contributed by atoms with E-state index in [1.165, 1.54) is 0 Å². The first-order valence-corrected chi connectivity index (χ1v) is 5.48. The van der Waals surface area contributed by atoms with Crippen molar-refractivity contribution in [3.63, 3.8) is 0 Å². The maximum atomic E-state index is 12.0. The lowest BCUT2D eigenvalue weighted by Crippen LogP contribution is -2.51. The first-order chi connectivity index (χ1) is 7.34. The molecule has 5 nitrogen and oxygen atoms in total. The van der Waals surface area contributed by atoms with Gasteiger partial charge in [0.05, 0.1) is 19.3 Å². The second kappa shape index (κ2) is 6.83. The van der Waals surface area contributed by atoms with Crippen molar-refractivity contribution < 1.29 is 14.6 Å². The molecule has 1 unspecified atom stereocenters.